The van der Waals surface area contributed by atoms with Gasteiger partial charge in [0.1, 0.15) is 17.7 Å². The number of benzene rings is 1. The molecular weight excluding hydrogens is 229 g/mol. The van der Waals surface area contributed by atoms with Crippen LogP contribution in [0.25, 0.3) is 0 Å². The molecule has 0 spiro atoms. The van der Waals surface area contributed by atoms with Crippen molar-refractivity contribution >= 4 is 0 Å². The van der Waals surface area contributed by atoms with Crippen LogP contribution in [0, 0.1) is 24.1 Å². The number of halogens is 1. The molecule has 0 aliphatic rings. The average molecular weight is 243 g/mol. The Morgan fingerprint density at radius 3 is 2.83 bits per heavy atom. The summed E-state index contributed by atoms with van der Waals surface area (Å²) in [5.74, 6) is 0.447. The van der Waals surface area contributed by atoms with E-state index in [1.165, 1.54) is 12.1 Å². The number of hydrogen-bond donors (Lipinski definition) is 0. The van der Waals surface area contributed by atoms with Crippen LogP contribution in [0.4, 0.5) is 4.39 Å². The Bertz CT molecular complexity index is 608. The number of aromatic nitrogens is 2. The van der Waals surface area contributed by atoms with E-state index in [4.69, 9.17) is 5.26 Å². The predicted octanol–water partition coefficient (Wildman–Crippen LogP) is 2.81. The van der Waals surface area contributed by atoms with Gasteiger partial charge in [0.05, 0.1) is 5.56 Å². The van der Waals surface area contributed by atoms with Crippen molar-refractivity contribution in [1.29, 1.82) is 5.26 Å². The first-order chi connectivity index (χ1) is 8.65. The lowest BCUT2D eigenvalue weighted by Crippen LogP contribution is -2.06. The van der Waals surface area contributed by atoms with Gasteiger partial charge in [-0.25, -0.2) is 9.37 Å². The second-order valence-electron chi connectivity index (χ2n) is 4.16. The number of rotatable bonds is 3. The molecule has 1 aromatic heterocycles. The van der Waals surface area contributed by atoms with Crippen LogP contribution in [0.1, 0.15) is 29.6 Å². The van der Waals surface area contributed by atoms with Crippen molar-refractivity contribution in [3.63, 3.8) is 0 Å². The summed E-state index contributed by atoms with van der Waals surface area (Å²) in [6, 6.07) is 6.53. The summed E-state index contributed by atoms with van der Waals surface area (Å²) >= 11 is 0. The van der Waals surface area contributed by atoms with Crippen molar-refractivity contribution in [1.82, 2.24) is 9.55 Å². The predicted molar refractivity (Wildman–Crippen MR) is 66.6 cm³/mol. The highest BCUT2D eigenvalue weighted by molar-refractivity contribution is 5.33. The Hall–Kier alpha value is -2.15. The monoisotopic (exact) mass is 243 g/mol. The summed E-state index contributed by atoms with van der Waals surface area (Å²) in [5.41, 5.74) is 2.04. The van der Waals surface area contributed by atoms with E-state index in [2.05, 4.69) is 16.5 Å². The molecule has 1 aromatic carbocycles. The molecule has 3 nitrogen and oxygen atoms in total. The first-order valence-electron chi connectivity index (χ1n) is 5.85. The summed E-state index contributed by atoms with van der Waals surface area (Å²) in [6.07, 6.45) is 2.73. The highest BCUT2D eigenvalue weighted by atomic mass is 19.1. The molecule has 0 fully saturated rings. The molecule has 0 bridgehead atoms. The molecule has 0 atom stereocenters. The van der Waals surface area contributed by atoms with Crippen molar-refractivity contribution in [3.05, 3.63) is 52.9 Å². The van der Waals surface area contributed by atoms with Crippen LogP contribution in [0.2, 0.25) is 0 Å². The van der Waals surface area contributed by atoms with Crippen LogP contribution < -0.4 is 0 Å². The Kier molecular flexibility index (Phi) is 3.42. The van der Waals surface area contributed by atoms with Crippen molar-refractivity contribution in [3.8, 4) is 6.07 Å². The maximum atomic E-state index is 13.5. The average Bonchev–Trinajstić information content (AvgIpc) is 2.71. The third kappa shape index (κ3) is 2.25. The number of imidazole rings is 1. The lowest BCUT2D eigenvalue weighted by molar-refractivity contribution is 0.618. The van der Waals surface area contributed by atoms with Crippen LogP contribution in [0.15, 0.2) is 24.4 Å². The largest absolute Gasteiger partial charge is 0.328 e. The lowest BCUT2D eigenvalue weighted by Gasteiger charge is -2.09. The minimum Gasteiger partial charge on any atom is -0.328 e. The summed E-state index contributed by atoms with van der Waals surface area (Å²) in [6.45, 7) is 4.57. The summed E-state index contributed by atoms with van der Waals surface area (Å²) in [5, 5.41) is 8.69. The first kappa shape index (κ1) is 12.3. The second-order valence-corrected chi connectivity index (χ2v) is 4.16. The molecule has 0 unspecified atom stereocenters. The molecular formula is C14H14FN3. The molecule has 2 aromatic rings. The summed E-state index contributed by atoms with van der Waals surface area (Å²) < 4.78 is 15.6. The Morgan fingerprint density at radius 1 is 1.44 bits per heavy atom. The van der Waals surface area contributed by atoms with Gasteiger partial charge in [0.2, 0.25) is 0 Å². The zero-order valence-electron chi connectivity index (χ0n) is 10.4. The van der Waals surface area contributed by atoms with E-state index in [0.29, 0.717) is 6.54 Å². The van der Waals surface area contributed by atoms with Crippen LogP contribution in [0.3, 0.4) is 0 Å². The molecule has 0 aliphatic carbocycles. The maximum Gasteiger partial charge on any atom is 0.141 e. The van der Waals surface area contributed by atoms with Gasteiger partial charge in [-0.2, -0.15) is 5.26 Å². The highest BCUT2D eigenvalue weighted by Gasteiger charge is 2.07. The second kappa shape index (κ2) is 5.01. The van der Waals surface area contributed by atoms with E-state index < -0.39 is 5.82 Å². The quantitative estimate of drug-likeness (QED) is 0.831. The third-order valence-corrected chi connectivity index (χ3v) is 2.99. The van der Waals surface area contributed by atoms with Crippen LogP contribution in [-0.2, 0) is 13.0 Å². The third-order valence-electron chi connectivity index (χ3n) is 2.99. The van der Waals surface area contributed by atoms with Gasteiger partial charge in [0.15, 0.2) is 0 Å². The number of hydrogen-bond acceptors (Lipinski definition) is 2. The van der Waals surface area contributed by atoms with Gasteiger partial charge >= 0.3 is 0 Å². The molecule has 0 saturated heterocycles. The molecule has 0 saturated carbocycles. The lowest BCUT2D eigenvalue weighted by atomic mass is 10.1. The van der Waals surface area contributed by atoms with Crippen molar-refractivity contribution in [2.24, 2.45) is 0 Å². The van der Waals surface area contributed by atoms with Gasteiger partial charge in [0, 0.05) is 18.4 Å². The molecule has 0 radical (unpaired) electrons. The van der Waals surface area contributed by atoms with Crippen molar-refractivity contribution < 1.29 is 4.39 Å². The molecule has 0 aliphatic heterocycles. The Labute approximate surface area is 106 Å². The molecule has 2 rings (SSSR count). The Balaban J connectivity index is 2.32. The molecule has 0 N–H and O–H groups in total. The standard InChI is InChI=1S/C14H14FN3/c1-3-13-8-17-10(2)18(13)9-11-4-5-12(7-16)14(15)6-11/h4-6,8H,3,9H2,1-2H3. The van der Waals surface area contributed by atoms with Gasteiger partial charge in [0.25, 0.3) is 0 Å². The fourth-order valence-corrected chi connectivity index (χ4v) is 1.94. The SMILES string of the molecule is CCc1cnc(C)n1Cc1ccc(C#N)c(F)c1. The topological polar surface area (TPSA) is 41.6 Å². The van der Waals surface area contributed by atoms with E-state index in [9.17, 15) is 4.39 Å². The molecule has 92 valence electrons. The number of nitrogens with zero attached hydrogens (tertiary/aromatic N) is 3. The van der Waals surface area contributed by atoms with Crippen molar-refractivity contribution in [2.45, 2.75) is 26.8 Å². The summed E-state index contributed by atoms with van der Waals surface area (Å²) in [4.78, 5) is 4.26. The first-order valence-corrected chi connectivity index (χ1v) is 5.85. The molecule has 4 heteroatoms. The van der Waals surface area contributed by atoms with E-state index >= 15 is 0 Å². The fraction of sp³-hybridized carbons (Fsp3) is 0.286. The van der Waals surface area contributed by atoms with Crippen LogP contribution in [-0.4, -0.2) is 9.55 Å². The van der Waals surface area contributed by atoms with E-state index in [0.717, 1.165) is 23.5 Å². The zero-order valence-corrected chi connectivity index (χ0v) is 10.4. The highest BCUT2D eigenvalue weighted by Crippen LogP contribution is 2.13. The minimum absolute atomic E-state index is 0.0804. The number of nitriles is 1. The minimum atomic E-state index is -0.467. The van der Waals surface area contributed by atoms with E-state index in [1.807, 2.05) is 19.2 Å². The zero-order chi connectivity index (χ0) is 13.1. The van der Waals surface area contributed by atoms with Gasteiger partial charge in [-0.15, -0.1) is 0 Å². The normalized spacial score (nSPS) is 10.3. The van der Waals surface area contributed by atoms with Gasteiger partial charge in [-0.1, -0.05) is 13.0 Å². The summed E-state index contributed by atoms with van der Waals surface area (Å²) in [7, 11) is 0. The van der Waals surface area contributed by atoms with E-state index in [1.54, 1.807) is 6.07 Å². The fourth-order valence-electron chi connectivity index (χ4n) is 1.94. The number of aryl methyl sites for hydroxylation is 2. The molecule has 0 amide bonds. The Morgan fingerprint density at radius 2 is 2.22 bits per heavy atom. The van der Waals surface area contributed by atoms with Crippen molar-refractivity contribution in [2.75, 3.05) is 0 Å². The van der Waals surface area contributed by atoms with Gasteiger partial charge < -0.3 is 4.57 Å². The molecule has 1 heterocycles. The van der Waals surface area contributed by atoms with Gasteiger partial charge in [-0.3, -0.25) is 0 Å². The molecule has 18 heavy (non-hydrogen) atoms. The van der Waals surface area contributed by atoms with Crippen LogP contribution >= 0.6 is 0 Å². The van der Waals surface area contributed by atoms with E-state index in [-0.39, 0.29) is 5.56 Å². The smallest absolute Gasteiger partial charge is 0.141 e. The van der Waals surface area contributed by atoms with Crippen LogP contribution in [0.5, 0.6) is 0 Å². The van der Waals surface area contributed by atoms with Gasteiger partial charge in [-0.05, 0) is 31.0 Å². The maximum absolute atomic E-state index is 13.5.